The zero-order valence-corrected chi connectivity index (χ0v) is 16.4. The van der Waals surface area contributed by atoms with Crippen LogP contribution in [0.4, 0.5) is 0 Å². The third kappa shape index (κ3) is 3.07. The maximum absolute atomic E-state index is 5.71. The topological polar surface area (TPSA) is 36.9 Å². The van der Waals surface area contributed by atoms with E-state index in [0.717, 1.165) is 55.7 Å². The van der Waals surface area contributed by atoms with E-state index in [1.807, 2.05) is 36.4 Å². The number of methoxy groups -OCH3 is 4. The van der Waals surface area contributed by atoms with Gasteiger partial charge in [-0.25, -0.2) is 0 Å². The molecule has 0 spiro atoms. The van der Waals surface area contributed by atoms with E-state index in [2.05, 4.69) is 24.3 Å². The number of fused-ring (bicyclic) bond motifs is 2. The van der Waals surface area contributed by atoms with Crippen LogP contribution >= 0.6 is 0 Å². The van der Waals surface area contributed by atoms with Gasteiger partial charge in [-0.15, -0.1) is 0 Å². The molecule has 4 rings (SSSR count). The minimum atomic E-state index is 0.784. The average molecular weight is 374 g/mol. The van der Waals surface area contributed by atoms with E-state index in [-0.39, 0.29) is 0 Å². The normalized spacial score (nSPS) is 10.9. The first-order chi connectivity index (χ1) is 13.7. The zero-order chi connectivity index (χ0) is 19.7. The molecule has 0 saturated carbocycles. The van der Waals surface area contributed by atoms with Gasteiger partial charge in [0.15, 0.2) is 0 Å². The highest BCUT2D eigenvalue weighted by Crippen LogP contribution is 2.42. The molecule has 0 aromatic heterocycles. The molecule has 142 valence electrons. The molecule has 0 atom stereocenters. The molecule has 0 bridgehead atoms. The molecule has 4 nitrogen and oxygen atoms in total. The quantitative estimate of drug-likeness (QED) is 0.449. The molecule has 4 aromatic carbocycles. The predicted octanol–water partition coefficient (Wildman–Crippen LogP) is 5.69. The number of hydrogen-bond donors (Lipinski definition) is 0. The monoisotopic (exact) mass is 374 g/mol. The Bertz CT molecular complexity index is 1070. The average Bonchev–Trinajstić information content (AvgIpc) is 2.76. The molecule has 0 aliphatic heterocycles. The lowest BCUT2D eigenvalue weighted by atomic mass is 9.96. The number of benzene rings is 4. The van der Waals surface area contributed by atoms with Crippen molar-refractivity contribution in [2.45, 2.75) is 0 Å². The molecular weight excluding hydrogens is 352 g/mol. The van der Waals surface area contributed by atoms with Crippen LogP contribution in [0, 0.1) is 0 Å². The van der Waals surface area contributed by atoms with Crippen molar-refractivity contribution < 1.29 is 18.9 Å². The molecule has 0 amide bonds. The van der Waals surface area contributed by atoms with Gasteiger partial charge in [-0.3, -0.25) is 0 Å². The molecular formula is C24H22O4. The van der Waals surface area contributed by atoms with Crippen LogP contribution in [0.2, 0.25) is 0 Å². The van der Waals surface area contributed by atoms with E-state index in [0.29, 0.717) is 0 Å². The second kappa shape index (κ2) is 7.31. The van der Waals surface area contributed by atoms with Crippen LogP contribution in [0.3, 0.4) is 0 Å². The van der Waals surface area contributed by atoms with Crippen LogP contribution in [-0.4, -0.2) is 28.4 Å². The lowest BCUT2D eigenvalue weighted by molar-refractivity contribution is 0.410. The summed E-state index contributed by atoms with van der Waals surface area (Å²) in [5.41, 5.74) is 1.96. The summed E-state index contributed by atoms with van der Waals surface area (Å²) < 4.78 is 22.1. The smallest absolute Gasteiger partial charge is 0.127 e. The van der Waals surface area contributed by atoms with E-state index in [1.165, 1.54) is 0 Å². The van der Waals surface area contributed by atoms with Crippen molar-refractivity contribution in [3.05, 3.63) is 60.7 Å². The van der Waals surface area contributed by atoms with Gasteiger partial charge in [0, 0.05) is 11.1 Å². The first-order valence-electron chi connectivity index (χ1n) is 8.98. The third-order valence-corrected chi connectivity index (χ3v) is 5.02. The zero-order valence-electron chi connectivity index (χ0n) is 16.4. The molecule has 0 saturated heterocycles. The Morgan fingerprint density at radius 2 is 0.857 bits per heavy atom. The molecule has 4 aromatic rings. The molecule has 0 unspecified atom stereocenters. The molecule has 0 N–H and O–H groups in total. The summed E-state index contributed by atoms with van der Waals surface area (Å²) >= 11 is 0. The number of rotatable bonds is 5. The van der Waals surface area contributed by atoms with Gasteiger partial charge >= 0.3 is 0 Å². The second-order valence-electron chi connectivity index (χ2n) is 6.53. The SMILES string of the molecule is COc1ccc2cc(-c3cc4ccc(OC)cc4cc3OC)c(OC)cc2c1. The largest absolute Gasteiger partial charge is 0.497 e. The second-order valence-corrected chi connectivity index (χ2v) is 6.53. The molecule has 0 heterocycles. The van der Waals surface area contributed by atoms with E-state index in [4.69, 9.17) is 18.9 Å². The highest BCUT2D eigenvalue weighted by Gasteiger charge is 2.15. The van der Waals surface area contributed by atoms with Crippen LogP contribution in [0.25, 0.3) is 32.7 Å². The molecule has 0 aliphatic rings. The van der Waals surface area contributed by atoms with Crippen molar-refractivity contribution in [3.63, 3.8) is 0 Å². The molecule has 0 fully saturated rings. The van der Waals surface area contributed by atoms with Gasteiger partial charge in [0.2, 0.25) is 0 Å². The summed E-state index contributed by atoms with van der Waals surface area (Å²) in [6.07, 6.45) is 0. The lowest BCUT2D eigenvalue weighted by Gasteiger charge is -2.16. The Balaban J connectivity index is 1.96. The van der Waals surface area contributed by atoms with Gasteiger partial charge in [0.25, 0.3) is 0 Å². The fourth-order valence-corrected chi connectivity index (χ4v) is 3.52. The van der Waals surface area contributed by atoms with Crippen molar-refractivity contribution in [2.24, 2.45) is 0 Å². The van der Waals surface area contributed by atoms with Crippen molar-refractivity contribution in [1.29, 1.82) is 0 Å². The van der Waals surface area contributed by atoms with E-state index >= 15 is 0 Å². The first kappa shape index (κ1) is 18.0. The lowest BCUT2D eigenvalue weighted by Crippen LogP contribution is -1.93. The Morgan fingerprint density at radius 3 is 1.21 bits per heavy atom. The Kier molecular flexibility index (Phi) is 4.70. The molecule has 0 radical (unpaired) electrons. The van der Waals surface area contributed by atoms with Gasteiger partial charge in [0.1, 0.15) is 23.0 Å². The summed E-state index contributed by atoms with van der Waals surface area (Å²) in [5.74, 6) is 3.21. The number of hydrogen-bond acceptors (Lipinski definition) is 4. The van der Waals surface area contributed by atoms with Crippen LogP contribution in [0.15, 0.2) is 60.7 Å². The minimum absolute atomic E-state index is 0.784. The van der Waals surface area contributed by atoms with E-state index in [9.17, 15) is 0 Å². The first-order valence-corrected chi connectivity index (χ1v) is 8.98. The summed E-state index contributed by atoms with van der Waals surface area (Å²) in [7, 11) is 6.70. The van der Waals surface area contributed by atoms with E-state index in [1.54, 1.807) is 28.4 Å². The van der Waals surface area contributed by atoms with Crippen LogP contribution in [0.1, 0.15) is 0 Å². The standard InChI is InChI=1S/C24H22O4/c1-25-19-7-5-15-11-21(23(27-3)13-17(15)9-19)22-12-16-6-8-20(26-2)10-18(16)14-24(22)28-4/h5-14H,1-4H3. The van der Waals surface area contributed by atoms with Crippen molar-refractivity contribution in [2.75, 3.05) is 28.4 Å². The van der Waals surface area contributed by atoms with Crippen LogP contribution in [0.5, 0.6) is 23.0 Å². The predicted molar refractivity (Wildman–Crippen MR) is 113 cm³/mol. The fourth-order valence-electron chi connectivity index (χ4n) is 3.52. The van der Waals surface area contributed by atoms with Gasteiger partial charge < -0.3 is 18.9 Å². The molecule has 0 aliphatic carbocycles. The Hall–Kier alpha value is -3.40. The highest BCUT2D eigenvalue weighted by molar-refractivity contribution is 5.97. The van der Waals surface area contributed by atoms with E-state index < -0.39 is 0 Å². The van der Waals surface area contributed by atoms with Crippen LogP contribution in [-0.2, 0) is 0 Å². The fraction of sp³-hybridized carbons (Fsp3) is 0.167. The maximum Gasteiger partial charge on any atom is 0.127 e. The summed E-state index contributed by atoms with van der Waals surface area (Å²) in [4.78, 5) is 0. The highest BCUT2D eigenvalue weighted by atomic mass is 16.5. The van der Waals surface area contributed by atoms with Crippen molar-refractivity contribution in [3.8, 4) is 34.1 Å². The Morgan fingerprint density at radius 1 is 0.429 bits per heavy atom. The molecule has 4 heteroatoms. The minimum Gasteiger partial charge on any atom is -0.497 e. The maximum atomic E-state index is 5.71. The molecule has 28 heavy (non-hydrogen) atoms. The van der Waals surface area contributed by atoms with Gasteiger partial charge in [0.05, 0.1) is 28.4 Å². The van der Waals surface area contributed by atoms with Crippen LogP contribution < -0.4 is 18.9 Å². The summed E-state index contributed by atoms with van der Waals surface area (Å²) in [5, 5.41) is 4.33. The summed E-state index contributed by atoms with van der Waals surface area (Å²) in [6, 6.07) is 20.4. The van der Waals surface area contributed by atoms with Gasteiger partial charge in [-0.2, -0.15) is 0 Å². The van der Waals surface area contributed by atoms with Crippen molar-refractivity contribution in [1.82, 2.24) is 0 Å². The Labute approximate surface area is 164 Å². The third-order valence-electron chi connectivity index (χ3n) is 5.02. The van der Waals surface area contributed by atoms with Crippen molar-refractivity contribution >= 4 is 21.5 Å². The number of ether oxygens (including phenoxy) is 4. The van der Waals surface area contributed by atoms with Gasteiger partial charge in [-0.05, 0) is 70.1 Å². The van der Waals surface area contributed by atoms with Gasteiger partial charge in [-0.1, -0.05) is 12.1 Å². The summed E-state index contributed by atoms with van der Waals surface area (Å²) in [6.45, 7) is 0.